The maximum Gasteiger partial charge on any atom is 0.343 e. The van der Waals surface area contributed by atoms with E-state index in [0.29, 0.717) is 0 Å². The van der Waals surface area contributed by atoms with Gasteiger partial charge in [0, 0.05) is 6.08 Å². The van der Waals surface area contributed by atoms with Crippen LogP contribution in [0.5, 0.6) is 0 Å². The topological polar surface area (TPSA) is 110 Å². The van der Waals surface area contributed by atoms with Crippen LogP contribution in [-0.4, -0.2) is 52.9 Å². The molecule has 0 aliphatic carbocycles. The van der Waals surface area contributed by atoms with E-state index in [-0.39, 0.29) is 0 Å². The Bertz CT molecular complexity index is 364. The summed E-state index contributed by atoms with van der Waals surface area (Å²) < 4.78 is 10.4. The Morgan fingerprint density at radius 2 is 2.24 bits per heavy atom. The number of cyclic esters (lactones) is 1. The van der Waals surface area contributed by atoms with Crippen LogP contribution in [0, 0.1) is 0 Å². The van der Waals surface area contributed by atoms with Crippen LogP contribution in [0.15, 0.2) is 10.2 Å². The van der Waals surface area contributed by atoms with Crippen LogP contribution in [0.3, 0.4) is 0 Å². The summed E-state index contributed by atoms with van der Waals surface area (Å²) in [7, 11) is 0. The molecule has 1 aliphatic heterocycles. The summed E-state index contributed by atoms with van der Waals surface area (Å²) in [5.41, 5.74) is 0. The molecule has 94 valence electrons. The molecule has 0 aromatic heterocycles. The van der Waals surface area contributed by atoms with E-state index in [4.69, 9.17) is 5.11 Å². The second-order valence-electron chi connectivity index (χ2n) is 3.15. The first-order chi connectivity index (χ1) is 7.97. The molecule has 1 heterocycles. The van der Waals surface area contributed by atoms with E-state index in [2.05, 4.69) is 9.47 Å². The molecule has 3 atom stereocenters. The van der Waals surface area contributed by atoms with Crippen LogP contribution in [0.25, 0.3) is 0 Å². The third kappa shape index (κ3) is 3.48. The van der Waals surface area contributed by atoms with Crippen molar-refractivity contribution < 1.29 is 34.1 Å². The summed E-state index contributed by atoms with van der Waals surface area (Å²) in [5.74, 6) is -2.75. The molecule has 1 fully saturated rings. The lowest BCUT2D eigenvalue weighted by Gasteiger charge is -2.14. The maximum absolute atomic E-state index is 11.2. The molecule has 1 rings (SSSR count). The van der Waals surface area contributed by atoms with Crippen molar-refractivity contribution in [3.05, 3.63) is 10.2 Å². The zero-order chi connectivity index (χ0) is 13.0. The molecule has 2 N–H and O–H groups in total. The molecule has 0 bridgehead atoms. The smallest absolute Gasteiger partial charge is 0.343 e. The van der Waals surface area contributed by atoms with Crippen molar-refractivity contribution in [3.63, 3.8) is 0 Å². The first kappa shape index (κ1) is 14.1. The van der Waals surface area contributed by atoms with Gasteiger partial charge in [-0.15, -0.1) is 0 Å². The second-order valence-corrected chi connectivity index (χ2v) is 3.87. The Kier molecular flexibility index (Phi) is 5.02. The number of hydrogen-bond donors (Lipinski definition) is 2. The molecule has 0 saturated carbocycles. The predicted molar refractivity (Wildman–Crippen MR) is 61.0 cm³/mol. The third-order valence-electron chi connectivity index (χ3n) is 1.96. The van der Waals surface area contributed by atoms with Gasteiger partial charge < -0.3 is 19.7 Å². The van der Waals surface area contributed by atoms with Gasteiger partial charge in [-0.2, -0.15) is 0 Å². The number of aliphatic hydroxyl groups is 2. The Labute approximate surface area is 110 Å². The van der Waals surface area contributed by atoms with E-state index < -0.39 is 42.6 Å². The highest BCUT2D eigenvalue weighted by molar-refractivity contribution is 14.1. The Balaban J connectivity index is 2.49. The van der Waals surface area contributed by atoms with Crippen molar-refractivity contribution in [2.24, 2.45) is 0 Å². The monoisotopic (exact) mass is 356 g/mol. The van der Waals surface area contributed by atoms with Crippen LogP contribution in [0.1, 0.15) is 0 Å². The van der Waals surface area contributed by atoms with Gasteiger partial charge in [-0.1, -0.05) is 22.6 Å². The van der Waals surface area contributed by atoms with E-state index in [1.165, 1.54) is 4.08 Å². The van der Waals surface area contributed by atoms with Crippen LogP contribution in [-0.2, 0) is 23.9 Å². The zero-order valence-electron chi connectivity index (χ0n) is 8.41. The summed E-state index contributed by atoms with van der Waals surface area (Å²) in [6.45, 7) is -0.504. The lowest BCUT2D eigenvalue weighted by Crippen LogP contribution is -2.37. The summed E-state index contributed by atoms with van der Waals surface area (Å²) in [6.07, 6.45) is -3.74. The molecule has 3 unspecified atom stereocenters. The van der Waals surface area contributed by atoms with E-state index >= 15 is 0 Å². The van der Waals surface area contributed by atoms with Gasteiger partial charge in [-0.3, -0.25) is 4.79 Å². The summed E-state index contributed by atoms with van der Waals surface area (Å²) >= 11 is 1.81. The molecular weight excluding hydrogens is 347 g/mol. The van der Waals surface area contributed by atoms with Gasteiger partial charge in [-0.25, -0.2) is 9.59 Å². The third-order valence-corrected chi connectivity index (χ3v) is 2.32. The number of rotatable bonds is 4. The molecule has 0 amide bonds. The highest BCUT2D eigenvalue weighted by atomic mass is 127. The SMILES string of the molecule is O=C(C=CI)OCC(O)C1OC(=O)C(O)C1=O. The Morgan fingerprint density at radius 1 is 1.59 bits per heavy atom. The second kappa shape index (κ2) is 6.07. The first-order valence-electron chi connectivity index (χ1n) is 4.51. The van der Waals surface area contributed by atoms with Gasteiger partial charge >= 0.3 is 11.9 Å². The van der Waals surface area contributed by atoms with Gasteiger partial charge in [-0.05, 0) is 4.08 Å². The molecule has 17 heavy (non-hydrogen) atoms. The van der Waals surface area contributed by atoms with Crippen molar-refractivity contribution >= 4 is 40.3 Å². The molecule has 0 aromatic rings. The predicted octanol–water partition coefficient (Wildman–Crippen LogP) is -1.31. The molecule has 0 spiro atoms. The van der Waals surface area contributed by atoms with Gasteiger partial charge in [0.2, 0.25) is 11.9 Å². The van der Waals surface area contributed by atoms with Gasteiger partial charge in [0.05, 0.1) is 0 Å². The Morgan fingerprint density at radius 3 is 2.71 bits per heavy atom. The van der Waals surface area contributed by atoms with Gasteiger partial charge in [0.15, 0.2) is 6.10 Å². The molecular formula is C9H9IO7. The maximum atomic E-state index is 11.2. The van der Waals surface area contributed by atoms with E-state index in [1.54, 1.807) is 22.6 Å². The number of aliphatic hydroxyl groups excluding tert-OH is 2. The molecule has 1 saturated heterocycles. The normalized spacial score (nSPS) is 26.1. The molecule has 1 aliphatic rings. The summed E-state index contributed by atoms with van der Waals surface area (Å²) in [4.78, 5) is 32.9. The van der Waals surface area contributed by atoms with Crippen LogP contribution in [0.4, 0.5) is 0 Å². The number of hydrogen-bond acceptors (Lipinski definition) is 7. The van der Waals surface area contributed by atoms with Crippen molar-refractivity contribution in [1.82, 2.24) is 0 Å². The van der Waals surface area contributed by atoms with E-state index in [0.717, 1.165) is 6.08 Å². The van der Waals surface area contributed by atoms with Crippen molar-refractivity contribution in [3.8, 4) is 0 Å². The minimum Gasteiger partial charge on any atom is -0.460 e. The fraction of sp³-hybridized carbons (Fsp3) is 0.444. The lowest BCUT2D eigenvalue weighted by molar-refractivity contribution is -0.154. The molecule has 0 aromatic carbocycles. The fourth-order valence-corrected chi connectivity index (χ4v) is 1.44. The Hall–Kier alpha value is -1.00. The summed E-state index contributed by atoms with van der Waals surface area (Å²) in [5, 5.41) is 18.5. The minimum atomic E-state index is -1.88. The number of carbonyl (C=O) groups is 3. The van der Waals surface area contributed by atoms with Crippen molar-refractivity contribution in [2.45, 2.75) is 18.3 Å². The zero-order valence-corrected chi connectivity index (χ0v) is 10.6. The number of halogens is 1. The van der Waals surface area contributed by atoms with Gasteiger partial charge in [0.25, 0.3) is 0 Å². The quantitative estimate of drug-likeness (QED) is 0.279. The van der Waals surface area contributed by atoms with Crippen LogP contribution in [0.2, 0.25) is 0 Å². The highest BCUT2D eigenvalue weighted by Gasteiger charge is 2.46. The fourth-order valence-electron chi connectivity index (χ4n) is 1.14. The molecule has 0 radical (unpaired) electrons. The first-order valence-corrected chi connectivity index (χ1v) is 5.75. The highest BCUT2D eigenvalue weighted by Crippen LogP contribution is 2.14. The largest absolute Gasteiger partial charge is 0.460 e. The number of Topliss-reactive ketones (excluding diaryl/α,β-unsaturated/α-hetero) is 1. The van der Waals surface area contributed by atoms with Crippen LogP contribution < -0.4 is 0 Å². The number of ketones is 1. The van der Waals surface area contributed by atoms with Crippen LogP contribution >= 0.6 is 22.6 Å². The standard InChI is InChI=1S/C9H9IO7/c10-2-1-5(12)16-3-4(11)8-6(13)7(14)9(15)17-8/h1-2,4,7-8,11,14H,3H2. The number of carbonyl (C=O) groups excluding carboxylic acids is 3. The van der Waals surface area contributed by atoms with E-state index in [9.17, 15) is 19.5 Å². The molecule has 7 nitrogen and oxygen atoms in total. The van der Waals surface area contributed by atoms with E-state index in [1.807, 2.05) is 0 Å². The lowest BCUT2D eigenvalue weighted by atomic mass is 10.1. The van der Waals surface area contributed by atoms with Crippen molar-refractivity contribution in [2.75, 3.05) is 6.61 Å². The summed E-state index contributed by atoms with van der Waals surface area (Å²) in [6, 6.07) is 0. The average Bonchev–Trinajstić information content (AvgIpc) is 2.54. The number of esters is 2. The molecule has 8 heteroatoms. The van der Waals surface area contributed by atoms with Crippen molar-refractivity contribution in [1.29, 1.82) is 0 Å². The number of ether oxygens (including phenoxy) is 2. The minimum absolute atomic E-state index is 0.504. The average molecular weight is 356 g/mol. The van der Waals surface area contributed by atoms with Gasteiger partial charge in [0.1, 0.15) is 12.7 Å².